The Morgan fingerprint density at radius 2 is 0.635 bits per heavy atom. The molecule has 0 radical (unpaired) electrons. The molecule has 23 rings (SSSR count). The van der Waals surface area contributed by atoms with E-state index in [1.54, 1.807) is 0 Å². The maximum Gasteiger partial charge on any atom is 0.0640 e. The van der Waals surface area contributed by atoms with Crippen LogP contribution in [-0.4, -0.2) is 4.40 Å². The monoisotopic (exact) mass is 1360 g/mol. The third kappa shape index (κ3) is 7.74. The number of fused-ring (bicyclic) bond motifs is 28. The molecule has 0 saturated carbocycles. The third-order valence-corrected chi connectivity index (χ3v) is 27.0. The summed E-state index contributed by atoms with van der Waals surface area (Å²) in [5.74, 6) is 0. The van der Waals surface area contributed by atoms with Crippen molar-refractivity contribution in [1.29, 1.82) is 0 Å². The zero-order chi connectivity index (χ0) is 69.0. The molecule has 20 aromatic rings. The Hall–Kier alpha value is -11.9. The minimum absolute atomic E-state index is 0.230. The van der Waals surface area contributed by atoms with Crippen LogP contribution in [0.1, 0.15) is 74.9 Å². The Morgan fingerprint density at radius 1 is 0.260 bits per heavy atom. The molecule has 104 heavy (non-hydrogen) atoms. The van der Waals surface area contributed by atoms with Gasteiger partial charge in [0, 0.05) is 96.9 Å². The van der Waals surface area contributed by atoms with E-state index in [1.807, 2.05) is 22.7 Å². The quantitative estimate of drug-likeness (QED) is 0.157. The molecule has 4 heterocycles. The summed E-state index contributed by atoms with van der Waals surface area (Å²) in [6.45, 7) is 14.7. The van der Waals surface area contributed by atoms with E-state index in [0.29, 0.717) is 0 Å². The highest BCUT2D eigenvalue weighted by atomic mass is 32.1. The molecule has 0 aliphatic heterocycles. The highest BCUT2D eigenvalue weighted by Gasteiger charge is 2.42. The van der Waals surface area contributed by atoms with Crippen LogP contribution in [0.15, 0.2) is 297 Å². The fourth-order valence-electron chi connectivity index (χ4n) is 19.9. The molecular formula is C99H67N3S2. The molecule has 0 spiro atoms. The minimum atomic E-state index is -0.382. The molecule has 0 atom stereocenters. The first-order chi connectivity index (χ1) is 50.8. The standard InChI is InChI=1S/C99H67N3S2/c1-97(2)82-52-60(36-42-66(82)72-40-34-57-22-10-12-24-64(57)90(72)97)100(85-30-18-28-78-70-26-14-16-32-88(70)103-95(78)85)61-37-44-68-74-46-48-76-75(92(74)99(5,6)84(68)53-61)47-49-77-81-51-59(56-20-8-7-9-21-56)50-80-69-45-39-63(55-87(69)102(93(76)77)94(80)81)101(86-31-19-29-79-71-27-15-17-33-89(71)104-96(79)86)62-38-43-67-73-41-35-58-23-11-13-25-65(58)91(73)98(3,4)83(67)54-62/h7-55H,1-6H3. The van der Waals surface area contributed by atoms with Gasteiger partial charge in [-0.1, -0.05) is 254 Å². The van der Waals surface area contributed by atoms with Gasteiger partial charge in [0.15, 0.2) is 0 Å². The predicted octanol–water partition coefficient (Wildman–Crippen LogP) is 28.6. The van der Waals surface area contributed by atoms with Gasteiger partial charge in [-0.3, -0.25) is 0 Å². The van der Waals surface area contributed by atoms with E-state index in [4.69, 9.17) is 0 Å². The lowest BCUT2D eigenvalue weighted by Crippen LogP contribution is -2.18. The number of hydrogen-bond acceptors (Lipinski definition) is 4. The number of thiophene rings is 2. The molecule has 0 fully saturated rings. The Labute approximate surface area is 610 Å². The maximum atomic E-state index is 2.66. The van der Waals surface area contributed by atoms with Gasteiger partial charge in [0.25, 0.3) is 0 Å². The predicted molar refractivity (Wildman–Crippen MR) is 447 cm³/mol. The van der Waals surface area contributed by atoms with E-state index < -0.39 is 0 Å². The largest absolute Gasteiger partial charge is 0.309 e. The van der Waals surface area contributed by atoms with Gasteiger partial charge in [0.2, 0.25) is 0 Å². The molecule has 3 aliphatic rings. The van der Waals surface area contributed by atoms with E-state index in [-0.39, 0.29) is 16.2 Å². The zero-order valence-corrected chi connectivity index (χ0v) is 60.1. The molecule has 3 aliphatic carbocycles. The van der Waals surface area contributed by atoms with Crippen molar-refractivity contribution in [1.82, 2.24) is 4.40 Å². The summed E-state index contributed by atoms with van der Waals surface area (Å²) >= 11 is 3.80. The zero-order valence-electron chi connectivity index (χ0n) is 58.4. The molecule has 0 saturated heterocycles. The Kier molecular flexibility index (Phi) is 11.7. The molecule has 0 bridgehead atoms. The van der Waals surface area contributed by atoms with Crippen molar-refractivity contribution in [2.45, 2.75) is 57.8 Å². The van der Waals surface area contributed by atoms with Crippen LogP contribution in [0.2, 0.25) is 0 Å². The second kappa shape index (κ2) is 20.7. The second-order valence-electron chi connectivity index (χ2n) is 31.0. The molecular weight excluding hydrogens is 1300 g/mol. The van der Waals surface area contributed by atoms with Gasteiger partial charge in [-0.05, 0) is 190 Å². The molecule has 0 unspecified atom stereocenters. The van der Waals surface area contributed by atoms with Crippen LogP contribution in [0.3, 0.4) is 0 Å². The lowest BCUT2D eigenvalue weighted by atomic mass is 9.79. The number of hydrogen-bond donors (Lipinski definition) is 0. The summed E-state index contributed by atoms with van der Waals surface area (Å²) in [6.07, 6.45) is 0. The highest BCUT2D eigenvalue weighted by molar-refractivity contribution is 7.26. The first-order valence-corrected chi connectivity index (χ1v) is 38.2. The van der Waals surface area contributed by atoms with E-state index in [0.717, 1.165) is 22.7 Å². The second-order valence-corrected chi connectivity index (χ2v) is 33.1. The number of anilines is 6. The summed E-state index contributed by atoms with van der Waals surface area (Å²) in [6, 6.07) is 114. The van der Waals surface area contributed by atoms with Gasteiger partial charge in [0.1, 0.15) is 0 Å². The summed E-state index contributed by atoms with van der Waals surface area (Å²) in [7, 11) is 0. The summed E-state index contributed by atoms with van der Waals surface area (Å²) in [5, 5.41) is 18.0. The number of aromatic nitrogens is 1. The molecule has 0 N–H and O–H groups in total. The van der Waals surface area contributed by atoms with Crippen molar-refractivity contribution in [3.05, 3.63) is 331 Å². The van der Waals surface area contributed by atoms with Crippen LogP contribution in [0.25, 0.3) is 155 Å². The average molecular weight is 1360 g/mol. The molecule has 0 amide bonds. The van der Waals surface area contributed by atoms with Gasteiger partial charge < -0.3 is 14.2 Å². The Morgan fingerprint density at radius 3 is 1.16 bits per heavy atom. The van der Waals surface area contributed by atoms with Gasteiger partial charge in [-0.25, -0.2) is 0 Å². The molecule has 5 heteroatoms. The third-order valence-electron chi connectivity index (χ3n) is 24.6. The lowest BCUT2D eigenvalue weighted by Gasteiger charge is -2.30. The van der Waals surface area contributed by atoms with Gasteiger partial charge >= 0.3 is 0 Å². The minimum Gasteiger partial charge on any atom is -0.309 e. The average Bonchev–Trinajstić information content (AvgIpc) is 1.53. The van der Waals surface area contributed by atoms with Gasteiger partial charge in [0.05, 0.1) is 37.3 Å². The normalized spacial score (nSPS) is 14.5. The first-order valence-electron chi connectivity index (χ1n) is 36.5. The summed E-state index contributed by atoms with van der Waals surface area (Å²) < 4.78 is 7.81. The molecule has 4 aromatic heterocycles. The lowest BCUT2D eigenvalue weighted by molar-refractivity contribution is 0.666. The van der Waals surface area contributed by atoms with Crippen molar-refractivity contribution < 1.29 is 0 Å². The Bertz CT molecular complexity index is 7220. The Balaban J connectivity index is 0.727. The summed E-state index contributed by atoms with van der Waals surface area (Å²) in [5.41, 5.74) is 28.3. The molecule has 3 nitrogen and oxygen atoms in total. The number of rotatable bonds is 7. The molecule has 16 aromatic carbocycles. The smallest absolute Gasteiger partial charge is 0.0640 e. The van der Waals surface area contributed by atoms with Crippen LogP contribution in [0.5, 0.6) is 0 Å². The van der Waals surface area contributed by atoms with Crippen LogP contribution >= 0.6 is 22.7 Å². The van der Waals surface area contributed by atoms with Crippen LogP contribution < -0.4 is 9.80 Å². The fraction of sp³-hybridized carbons (Fsp3) is 0.0909. The SMILES string of the molecule is CC1(C)c2cc(N(c3ccc4c(c3)C(C)(C)c3c-4ccc4c3ccc3c5cc(-c6ccccc6)cc6c7ccc(N(c8ccc9c(c8)C(C)(C)c8c-9ccc9ccccc89)c8cccc9c8sc8ccccc89)cc7n(c43)c65)c3cccc4c3sc3ccccc34)ccc2-c2ccc3ccccc3c21. The molecule has 490 valence electrons. The van der Waals surface area contributed by atoms with E-state index in [1.165, 1.54) is 200 Å². The van der Waals surface area contributed by atoms with Crippen molar-refractivity contribution in [2.24, 2.45) is 0 Å². The van der Waals surface area contributed by atoms with E-state index in [2.05, 4.69) is 353 Å². The van der Waals surface area contributed by atoms with Crippen LogP contribution in [-0.2, 0) is 16.2 Å². The number of nitrogens with zero attached hydrogens (tertiary/aromatic N) is 3. The van der Waals surface area contributed by atoms with Gasteiger partial charge in [-0.15, -0.1) is 22.7 Å². The van der Waals surface area contributed by atoms with Crippen molar-refractivity contribution >= 4 is 168 Å². The maximum absolute atomic E-state index is 2.66. The van der Waals surface area contributed by atoms with Crippen LogP contribution in [0, 0.1) is 0 Å². The highest BCUT2D eigenvalue weighted by Crippen LogP contribution is 2.60. The van der Waals surface area contributed by atoms with Crippen LogP contribution in [0.4, 0.5) is 34.1 Å². The summed E-state index contributed by atoms with van der Waals surface area (Å²) in [4.78, 5) is 5.15. The van der Waals surface area contributed by atoms with E-state index in [9.17, 15) is 0 Å². The fourth-order valence-corrected chi connectivity index (χ4v) is 22.4. The van der Waals surface area contributed by atoms with Crippen molar-refractivity contribution in [3.63, 3.8) is 0 Å². The first kappa shape index (κ1) is 58.7. The topological polar surface area (TPSA) is 10.9 Å². The number of benzene rings is 16. The van der Waals surface area contributed by atoms with E-state index >= 15 is 0 Å². The van der Waals surface area contributed by atoms with Gasteiger partial charge in [-0.2, -0.15) is 0 Å². The van der Waals surface area contributed by atoms with Crippen molar-refractivity contribution in [2.75, 3.05) is 9.80 Å². The van der Waals surface area contributed by atoms with Crippen molar-refractivity contribution in [3.8, 4) is 44.5 Å².